The Morgan fingerprint density at radius 2 is 1.64 bits per heavy atom. The number of fused-ring (bicyclic) bond motifs is 2. The van der Waals surface area contributed by atoms with Gasteiger partial charge in [-0.3, -0.25) is 4.40 Å². The molecule has 0 amide bonds. The van der Waals surface area contributed by atoms with Crippen LogP contribution in [0.2, 0.25) is 0 Å². The van der Waals surface area contributed by atoms with Crippen LogP contribution in [0.4, 0.5) is 0 Å². The van der Waals surface area contributed by atoms with E-state index in [0.717, 1.165) is 37.7 Å². The van der Waals surface area contributed by atoms with Crippen molar-refractivity contribution in [3.8, 4) is 5.82 Å². The summed E-state index contributed by atoms with van der Waals surface area (Å²) in [5.41, 5.74) is 4.26. The fourth-order valence-electron chi connectivity index (χ4n) is 2.90. The molecular weight excluding hydrogens is 408 g/mol. The normalized spacial score (nSPS) is 11.6. The third-order valence-corrected chi connectivity index (χ3v) is 5.10. The third-order valence-electron chi connectivity index (χ3n) is 3.87. The highest BCUT2D eigenvalue weighted by Gasteiger charge is 2.22. The topological polar surface area (TPSA) is 25.6 Å². The Kier molecular flexibility index (Phi) is 3.13. The molecule has 0 N–H and O–H groups in total. The van der Waals surface area contributed by atoms with Crippen LogP contribution in [0.25, 0.3) is 17.1 Å². The van der Waals surface area contributed by atoms with Gasteiger partial charge in [-0.2, -0.15) is 4.57 Å². The van der Waals surface area contributed by atoms with Crippen molar-refractivity contribution in [2.45, 2.75) is 13.8 Å². The maximum atomic E-state index is 4.80. The number of hydrogen-bond acceptors (Lipinski definition) is 1. The van der Waals surface area contributed by atoms with Gasteiger partial charge in [0.05, 0.1) is 4.60 Å². The van der Waals surface area contributed by atoms with Crippen molar-refractivity contribution in [3.05, 3.63) is 63.2 Å². The Balaban J connectivity index is 2.10. The number of aryl methyl sites for hydroxylation is 2. The maximum Gasteiger partial charge on any atom is 0.289 e. The number of hydrogen-bond donors (Lipinski definition) is 0. The monoisotopic (exact) mass is 419 g/mol. The summed E-state index contributed by atoms with van der Waals surface area (Å²) in [5.74, 6) is 0.940. The van der Waals surface area contributed by atoms with Gasteiger partial charge in [-0.25, -0.2) is 4.40 Å². The fraction of sp³-hybridized carbons (Fsp3) is 0.125. The molecule has 22 heavy (non-hydrogen) atoms. The predicted octanol–water partition coefficient (Wildman–Crippen LogP) is 4.01. The molecule has 0 atom stereocenters. The number of pyridine rings is 2. The van der Waals surface area contributed by atoms with E-state index < -0.39 is 0 Å². The minimum Gasteiger partial charge on any atom is -0.272 e. The number of imidazole rings is 2. The van der Waals surface area contributed by atoms with Gasteiger partial charge in [0.1, 0.15) is 22.2 Å². The second-order valence-corrected chi connectivity index (χ2v) is 6.87. The van der Waals surface area contributed by atoms with Gasteiger partial charge < -0.3 is 0 Å². The molecule has 4 nitrogen and oxygen atoms in total. The molecule has 4 aromatic rings. The summed E-state index contributed by atoms with van der Waals surface area (Å²) >= 11 is 7.22. The van der Waals surface area contributed by atoms with E-state index in [-0.39, 0.29) is 0 Å². The van der Waals surface area contributed by atoms with Crippen LogP contribution in [0.3, 0.4) is 0 Å². The second-order valence-electron chi connectivity index (χ2n) is 5.25. The summed E-state index contributed by atoms with van der Waals surface area (Å²) in [6.07, 6.45) is 2.11. The van der Waals surface area contributed by atoms with Crippen LogP contribution < -0.4 is 4.57 Å². The van der Waals surface area contributed by atoms with E-state index in [9.17, 15) is 0 Å². The van der Waals surface area contributed by atoms with Crippen LogP contribution >= 0.6 is 31.9 Å². The van der Waals surface area contributed by atoms with E-state index in [1.54, 1.807) is 0 Å². The van der Waals surface area contributed by atoms with Gasteiger partial charge in [0.25, 0.3) is 5.82 Å². The summed E-state index contributed by atoms with van der Waals surface area (Å²) in [6.45, 7) is 4.18. The molecular formula is C16H13Br2N4+. The molecule has 0 unspecified atom stereocenters. The largest absolute Gasteiger partial charge is 0.289 e. The van der Waals surface area contributed by atoms with E-state index in [4.69, 9.17) is 4.98 Å². The average Bonchev–Trinajstić information content (AvgIpc) is 2.99. The first-order valence-electron chi connectivity index (χ1n) is 6.90. The van der Waals surface area contributed by atoms with Gasteiger partial charge in [0, 0.05) is 6.07 Å². The van der Waals surface area contributed by atoms with Gasteiger partial charge >= 0.3 is 0 Å². The number of aromatic nitrogens is 4. The average molecular weight is 421 g/mol. The molecule has 0 spiro atoms. The Bertz CT molecular complexity index is 1030. The molecule has 6 heteroatoms. The summed E-state index contributed by atoms with van der Waals surface area (Å²) < 4.78 is 8.44. The van der Waals surface area contributed by atoms with Crippen molar-refractivity contribution >= 4 is 43.2 Å². The lowest BCUT2D eigenvalue weighted by Crippen LogP contribution is -2.30. The van der Waals surface area contributed by atoms with Crippen molar-refractivity contribution in [2.75, 3.05) is 0 Å². The SMILES string of the molecule is Cc1c(-[n+]2cc(C)n3c(Br)cccc32)nc2cccc(Br)n12. The second kappa shape index (κ2) is 4.93. The molecule has 110 valence electrons. The van der Waals surface area contributed by atoms with E-state index in [1.807, 2.05) is 30.3 Å². The zero-order valence-electron chi connectivity index (χ0n) is 12.1. The fourth-order valence-corrected chi connectivity index (χ4v) is 4.11. The zero-order chi connectivity index (χ0) is 15.4. The van der Waals surface area contributed by atoms with E-state index in [2.05, 4.69) is 71.3 Å². The Labute approximate surface area is 144 Å². The van der Waals surface area contributed by atoms with Gasteiger partial charge in [0.2, 0.25) is 11.3 Å². The van der Waals surface area contributed by atoms with Gasteiger partial charge in [-0.1, -0.05) is 17.1 Å². The molecule has 0 fully saturated rings. The molecule has 0 radical (unpaired) electrons. The van der Waals surface area contributed by atoms with E-state index in [1.165, 1.54) is 0 Å². The first kappa shape index (κ1) is 14.0. The molecule has 0 saturated carbocycles. The number of halogens is 2. The van der Waals surface area contributed by atoms with Crippen LogP contribution in [0.15, 0.2) is 51.8 Å². The highest BCUT2D eigenvalue weighted by atomic mass is 79.9. The minimum atomic E-state index is 0.932. The smallest absolute Gasteiger partial charge is 0.272 e. The van der Waals surface area contributed by atoms with Crippen LogP contribution in [0, 0.1) is 13.8 Å². The summed E-state index contributed by atoms with van der Waals surface area (Å²) in [4.78, 5) is 4.80. The first-order valence-corrected chi connectivity index (χ1v) is 8.48. The van der Waals surface area contributed by atoms with Crippen molar-refractivity contribution in [3.63, 3.8) is 0 Å². The number of nitrogens with zero attached hydrogens (tertiary/aromatic N) is 4. The van der Waals surface area contributed by atoms with Gasteiger partial charge in [0.15, 0.2) is 0 Å². The van der Waals surface area contributed by atoms with E-state index >= 15 is 0 Å². The quantitative estimate of drug-likeness (QED) is 0.337. The lowest BCUT2D eigenvalue weighted by atomic mass is 10.4. The van der Waals surface area contributed by atoms with Crippen LogP contribution in [0.5, 0.6) is 0 Å². The van der Waals surface area contributed by atoms with Crippen molar-refractivity contribution in [1.82, 2.24) is 13.8 Å². The summed E-state index contributed by atoms with van der Waals surface area (Å²) in [7, 11) is 0. The first-order chi connectivity index (χ1) is 10.6. The molecule has 0 aliphatic carbocycles. The molecule has 0 aliphatic rings. The lowest BCUT2D eigenvalue weighted by molar-refractivity contribution is -0.571. The third kappa shape index (κ3) is 1.87. The number of rotatable bonds is 1. The highest BCUT2D eigenvalue weighted by Crippen LogP contribution is 2.21. The minimum absolute atomic E-state index is 0.932. The van der Waals surface area contributed by atoms with Crippen LogP contribution in [0.1, 0.15) is 11.4 Å². The van der Waals surface area contributed by atoms with Crippen LogP contribution in [-0.4, -0.2) is 13.8 Å². The summed E-state index contributed by atoms with van der Waals surface area (Å²) in [6, 6.07) is 12.2. The van der Waals surface area contributed by atoms with E-state index in [0.29, 0.717) is 0 Å². The van der Waals surface area contributed by atoms with Crippen molar-refractivity contribution in [2.24, 2.45) is 0 Å². The molecule has 0 bridgehead atoms. The molecule has 4 heterocycles. The molecule has 0 aromatic carbocycles. The molecule has 4 rings (SSSR count). The van der Waals surface area contributed by atoms with Crippen molar-refractivity contribution < 1.29 is 4.57 Å². The molecule has 0 aliphatic heterocycles. The Morgan fingerprint density at radius 3 is 2.36 bits per heavy atom. The Morgan fingerprint density at radius 1 is 0.955 bits per heavy atom. The Hall–Kier alpha value is -1.66. The zero-order valence-corrected chi connectivity index (χ0v) is 15.3. The predicted molar refractivity (Wildman–Crippen MR) is 92.6 cm³/mol. The lowest BCUT2D eigenvalue weighted by Gasteiger charge is -1.98. The molecule has 4 aromatic heterocycles. The van der Waals surface area contributed by atoms with Crippen LogP contribution in [-0.2, 0) is 0 Å². The van der Waals surface area contributed by atoms with Crippen molar-refractivity contribution in [1.29, 1.82) is 0 Å². The maximum absolute atomic E-state index is 4.80. The highest BCUT2D eigenvalue weighted by molar-refractivity contribution is 9.10. The van der Waals surface area contributed by atoms with Gasteiger partial charge in [-0.15, -0.1) is 0 Å². The standard InChI is InChI=1S/C16H13Br2N4/c1-10-9-20(15-8-4-6-12(17)21(10)15)16-11(2)22-13(18)5-3-7-14(22)19-16/h3-9H,1-2H3/q+1. The molecule has 0 saturated heterocycles. The van der Waals surface area contributed by atoms with Gasteiger partial charge in [-0.05, 0) is 63.9 Å². The summed E-state index contributed by atoms with van der Waals surface area (Å²) in [5, 5.41) is 0.